The van der Waals surface area contributed by atoms with Crippen LogP contribution >= 0.6 is 11.3 Å². The lowest BCUT2D eigenvalue weighted by Gasteiger charge is -2.32. The Labute approximate surface area is 144 Å². The predicted molar refractivity (Wildman–Crippen MR) is 90.2 cm³/mol. The van der Waals surface area contributed by atoms with Crippen molar-refractivity contribution in [3.8, 4) is 0 Å². The van der Waals surface area contributed by atoms with Gasteiger partial charge in [-0.2, -0.15) is 0 Å². The fourth-order valence-electron chi connectivity index (χ4n) is 3.41. The van der Waals surface area contributed by atoms with Crippen molar-refractivity contribution in [1.29, 1.82) is 0 Å². The number of carbonyl (C=O) groups is 1. The first kappa shape index (κ1) is 15.5. The molecule has 2 aromatic heterocycles. The number of anilines is 1. The van der Waals surface area contributed by atoms with E-state index in [0.717, 1.165) is 25.0 Å². The molecule has 0 bridgehead atoms. The summed E-state index contributed by atoms with van der Waals surface area (Å²) in [7, 11) is 0. The zero-order valence-electron chi connectivity index (χ0n) is 13.4. The number of nitrogens with one attached hydrogen (secondary N) is 1. The maximum Gasteiger partial charge on any atom is 0.271 e. The first-order valence-electron chi connectivity index (χ1n) is 8.08. The number of fused-ring (bicyclic) bond motifs is 1. The molecule has 126 valence electrons. The van der Waals surface area contributed by atoms with Gasteiger partial charge in [0.15, 0.2) is 0 Å². The second-order valence-electron chi connectivity index (χ2n) is 6.21. The summed E-state index contributed by atoms with van der Waals surface area (Å²) in [6, 6.07) is 0.108. The van der Waals surface area contributed by atoms with Gasteiger partial charge in [-0.3, -0.25) is 4.79 Å². The molecule has 0 unspecified atom stereocenters. The van der Waals surface area contributed by atoms with Crippen molar-refractivity contribution < 1.29 is 9.53 Å². The first-order valence-corrected chi connectivity index (χ1v) is 9.02. The van der Waals surface area contributed by atoms with E-state index in [1.54, 1.807) is 10.9 Å². The Hall–Kier alpha value is -2.06. The Balaban J connectivity index is 1.55. The molecule has 0 saturated carbocycles. The lowest BCUT2D eigenvalue weighted by molar-refractivity contribution is 0.000598. The normalized spacial score (nSPS) is 26.2. The van der Waals surface area contributed by atoms with Crippen LogP contribution in [0.3, 0.4) is 0 Å². The quantitative estimate of drug-likeness (QED) is 0.906. The molecule has 4 heterocycles. The van der Waals surface area contributed by atoms with E-state index >= 15 is 0 Å². The second-order valence-corrected chi connectivity index (χ2v) is 6.93. The van der Waals surface area contributed by atoms with E-state index in [-0.39, 0.29) is 24.1 Å². The van der Waals surface area contributed by atoms with Crippen LogP contribution in [0.4, 0.5) is 5.95 Å². The van der Waals surface area contributed by atoms with Crippen molar-refractivity contribution in [3.05, 3.63) is 34.5 Å². The number of nitrogens with zero attached hydrogens (tertiary/aromatic N) is 4. The number of rotatable bonds is 3. The number of amides is 1. The van der Waals surface area contributed by atoms with Crippen LogP contribution in [0.5, 0.6) is 0 Å². The summed E-state index contributed by atoms with van der Waals surface area (Å²) in [6.45, 7) is 3.35. The molecule has 2 saturated heterocycles. The number of aryl methyl sites for hydroxylation is 1. The molecule has 0 aliphatic carbocycles. The number of hydrogen-bond acceptors (Lipinski definition) is 7. The SMILES string of the molecule is Cc1cnc(N2C[C@@H](NC(=O)c3cscn3)[C@H]3OCCC[C@H]32)nc1. The van der Waals surface area contributed by atoms with Gasteiger partial charge in [-0.15, -0.1) is 11.3 Å². The summed E-state index contributed by atoms with van der Waals surface area (Å²) in [5, 5.41) is 4.83. The van der Waals surface area contributed by atoms with Gasteiger partial charge in [-0.1, -0.05) is 0 Å². The van der Waals surface area contributed by atoms with Crippen molar-refractivity contribution in [1.82, 2.24) is 20.3 Å². The minimum absolute atomic E-state index is 0.0359. The summed E-state index contributed by atoms with van der Waals surface area (Å²) in [5.74, 6) is 0.548. The first-order chi connectivity index (χ1) is 11.7. The van der Waals surface area contributed by atoms with Crippen LogP contribution in [0.1, 0.15) is 28.9 Å². The third-order valence-electron chi connectivity index (χ3n) is 4.53. The molecule has 0 aromatic carbocycles. The number of thiazole rings is 1. The number of aromatic nitrogens is 3. The number of carbonyl (C=O) groups excluding carboxylic acids is 1. The van der Waals surface area contributed by atoms with Crippen LogP contribution in [-0.2, 0) is 4.74 Å². The van der Waals surface area contributed by atoms with Gasteiger partial charge in [-0.25, -0.2) is 15.0 Å². The van der Waals surface area contributed by atoms with Crippen molar-refractivity contribution in [2.75, 3.05) is 18.1 Å². The number of ether oxygens (including phenoxy) is 1. The predicted octanol–water partition coefficient (Wildman–Crippen LogP) is 1.41. The van der Waals surface area contributed by atoms with Gasteiger partial charge < -0.3 is 15.0 Å². The highest BCUT2D eigenvalue weighted by molar-refractivity contribution is 7.07. The van der Waals surface area contributed by atoms with E-state index in [2.05, 4.69) is 25.2 Å². The van der Waals surface area contributed by atoms with Crippen LogP contribution < -0.4 is 10.2 Å². The standard InChI is InChI=1S/C16H19N5O2S/c1-10-5-17-16(18-6-10)21-7-11(14-13(21)3-2-4-23-14)20-15(22)12-8-24-9-19-12/h5-6,8-9,11,13-14H,2-4,7H2,1H3,(H,20,22)/t11-,13-,14-/m1/s1. The van der Waals surface area contributed by atoms with Gasteiger partial charge in [0, 0.05) is 30.9 Å². The lowest BCUT2D eigenvalue weighted by Crippen LogP contribution is -2.47. The highest BCUT2D eigenvalue weighted by Gasteiger charge is 2.45. The zero-order valence-corrected chi connectivity index (χ0v) is 14.2. The molecule has 0 spiro atoms. The third-order valence-corrected chi connectivity index (χ3v) is 5.12. The molecular formula is C16H19N5O2S. The van der Waals surface area contributed by atoms with Crippen molar-refractivity contribution in [2.24, 2.45) is 0 Å². The van der Waals surface area contributed by atoms with Gasteiger partial charge in [-0.05, 0) is 25.3 Å². The molecule has 2 aliphatic rings. The Kier molecular flexibility index (Phi) is 4.15. The Morgan fingerprint density at radius 2 is 2.21 bits per heavy atom. The summed E-state index contributed by atoms with van der Waals surface area (Å²) in [5.41, 5.74) is 3.15. The Morgan fingerprint density at radius 3 is 2.96 bits per heavy atom. The van der Waals surface area contributed by atoms with E-state index in [1.807, 2.05) is 19.3 Å². The molecule has 7 nitrogen and oxygen atoms in total. The molecule has 24 heavy (non-hydrogen) atoms. The van der Waals surface area contributed by atoms with Gasteiger partial charge in [0.05, 0.1) is 23.7 Å². The summed E-state index contributed by atoms with van der Waals surface area (Å²) >= 11 is 1.41. The van der Waals surface area contributed by atoms with E-state index in [4.69, 9.17) is 4.74 Å². The van der Waals surface area contributed by atoms with Crippen molar-refractivity contribution in [2.45, 2.75) is 38.0 Å². The van der Waals surface area contributed by atoms with Crippen LogP contribution in [0.15, 0.2) is 23.3 Å². The molecule has 8 heteroatoms. The monoisotopic (exact) mass is 345 g/mol. The summed E-state index contributed by atoms with van der Waals surface area (Å²) in [4.78, 5) is 27.5. The molecule has 2 aliphatic heterocycles. The average molecular weight is 345 g/mol. The minimum Gasteiger partial charge on any atom is -0.374 e. The molecule has 1 N–H and O–H groups in total. The van der Waals surface area contributed by atoms with Gasteiger partial charge >= 0.3 is 0 Å². The van der Waals surface area contributed by atoms with Crippen LogP contribution in [-0.4, -0.2) is 52.2 Å². The highest BCUT2D eigenvalue weighted by Crippen LogP contribution is 2.31. The van der Waals surface area contributed by atoms with Gasteiger partial charge in [0.2, 0.25) is 5.95 Å². The van der Waals surface area contributed by atoms with E-state index in [0.29, 0.717) is 18.2 Å². The Morgan fingerprint density at radius 1 is 1.38 bits per heavy atom. The molecule has 0 radical (unpaired) electrons. The topological polar surface area (TPSA) is 80.2 Å². The van der Waals surface area contributed by atoms with E-state index in [1.165, 1.54) is 11.3 Å². The lowest BCUT2D eigenvalue weighted by atomic mass is 10.0. The zero-order chi connectivity index (χ0) is 16.5. The van der Waals surface area contributed by atoms with Crippen molar-refractivity contribution in [3.63, 3.8) is 0 Å². The summed E-state index contributed by atoms with van der Waals surface area (Å²) < 4.78 is 5.98. The molecule has 2 fully saturated rings. The van der Waals surface area contributed by atoms with Crippen LogP contribution in [0.2, 0.25) is 0 Å². The molecule has 2 aromatic rings. The van der Waals surface area contributed by atoms with Crippen LogP contribution in [0.25, 0.3) is 0 Å². The van der Waals surface area contributed by atoms with Crippen molar-refractivity contribution >= 4 is 23.2 Å². The third kappa shape index (κ3) is 2.87. The maximum atomic E-state index is 12.4. The average Bonchev–Trinajstić information content (AvgIpc) is 3.25. The highest BCUT2D eigenvalue weighted by atomic mass is 32.1. The van der Waals surface area contributed by atoms with Crippen LogP contribution in [0, 0.1) is 6.92 Å². The molecule has 1 amide bonds. The minimum atomic E-state index is -0.152. The summed E-state index contributed by atoms with van der Waals surface area (Å²) in [6.07, 6.45) is 5.64. The van der Waals surface area contributed by atoms with Gasteiger partial charge in [0.25, 0.3) is 5.91 Å². The fraction of sp³-hybridized carbons (Fsp3) is 0.500. The molecular weight excluding hydrogens is 326 g/mol. The second kappa shape index (κ2) is 6.45. The Bertz CT molecular complexity index is 706. The van der Waals surface area contributed by atoms with E-state index in [9.17, 15) is 4.79 Å². The largest absolute Gasteiger partial charge is 0.374 e. The molecule has 4 rings (SSSR count). The maximum absolute atomic E-state index is 12.4. The fourth-order valence-corrected chi connectivity index (χ4v) is 3.95. The smallest absolute Gasteiger partial charge is 0.271 e. The molecule has 3 atom stereocenters. The van der Waals surface area contributed by atoms with Gasteiger partial charge in [0.1, 0.15) is 5.69 Å². The van der Waals surface area contributed by atoms with E-state index < -0.39 is 0 Å². The number of hydrogen-bond donors (Lipinski definition) is 1.